The molecule has 1 N–H and O–H groups in total. The van der Waals surface area contributed by atoms with Crippen LogP contribution in [0.5, 0.6) is 0 Å². The zero-order valence-electron chi connectivity index (χ0n) is 12.2. The molecule has 0 saturated carbocycles. The van der Waals surface area contributed by atoms with Crippen LogP contribution in [0.2, 0.25) is 0 Å². The molecule has 5 nitrogen and oxygen atoms in total. The minimum atomic E-state index is 0.468. The maximum absolute atomic E-state index is 5.42. The van der Waals surface area contributed by atoms with Crippen LogP contribution in [0.15, 0.2) is 33.3 Å². The Bertz CT molecular complexity index is 605. The van der Waals surface area contributed by atoms with Crippen molar-refractivity contribution in [1.82, 2.24) is 20.4 Å². The first-order chi connectivity index (χ1) is 10.1. The molecule has 2 aromatic rings. The van der Waals surface area contributed by atoms with E-state index in [1.54, 1.807) is 0 Å². The predicted molar refractivity (Wildman–Crippen MR) is 84.8 cm³/mol. The van der Waals surface area contributed by atoms with Gasteiger partial charge >= 0.3 is 0 Å². The molecular weight excluding hydrogens is 332 g/mol. The summed E-state index contributed by atoms with van der Waals surface area (Å²) in [6.45, 7) is 7.13. The molecule has 21 heavy (non-hydrogen) atoms. The van der Waals surface area contributed by atoms with Crippen LogP contribution in [0.4, 0.5) is 0 Å². The average molecular weight is 351 g/mol. The zero-order chi connectivity index (χ0) is 14.8. The van der Waals surface area contributed by atoms with Gasteiger partial charge in [-0.3, -0.25) is 4.90 Å². The number of rotatable bonds is 3. The average Bonchev–Trinajstić information content (AvgIpc) is 2.92. The van der Waals surface area contributed by atoms with Crippen molar-refractivity contribution in [2.24, 2.45) is 0 Å². The highest BCUT2D eigenvalue weighted by Crippen LogP contribution is 2.21. The minimum absolute atomic E-state index is 0.468. The number of hydrogen-bond donors (Lipinski definition) is 1. The van der Waals surface area contributed by atoms with Gasteiger partial charge in [0.25, 0.3) is 0 Å². The lowest BCUT2D eigenvalue weighted by Gasteiger charge is -2.38. The monoisotopic (exact) mass is 350 g/mol. The normalized spacial score (nSPS) is 23.4. The molecule has 1 aliphatic heterocycles. The molecule has 1 fully saturated rings. The highest BCUT2D eigenvalue weighted by Gasteiger charge is 2.26. The molecule has 6 heteroatoms. The van der Waals surface area contributed by atoms with Crippen molar-refractivity contribution in [2.45, 2.75) is 32.5 Å². The van der Waals surface area contributed by atoms with Crippen molar-refractivity contribution in [3.05, 3.63) is 34.6 Å². The number of aromatic nitrogens is 2. The predicted octanol–water partition coefficient (Wildman–Crippen LogP) is 2.68. The number of nitrogens with zero attached hydrogens (tertiary/aromatic N) is 3. The van der Waals surface area contributed by atoms with E-state index in [1.807, 2.05) is 24.3 Å². The number of halogens is 1. The van der Waals surface area contributed by atoms with Crippen molar-refractivity contribution in [2.75, 3.05) is 13.1 Å². The second kappa shape index (κ2) is 6.25. The van der Waals surface area contributed by atoms with E-state index >= 15 is 0 Å². The fourth-order valence-corrected chi connectivity index (χ4v) is 3.10. The Balaban J connectivity index is 1.76. The summed E-state index contributed by atoms with van der Waals surface area (Å²) in [4.78, 5) is 6.92. The van der Waals surface area contributed by atoms with Crippen LogP contribution in [0.1, 0.15) is 19.7 Å². The molecule has 2 unspecified atom stereocenters. The van der Waals surface area contributed by atoms with Gasteiger partial charge in [0.2, 0.25) is 11.7 Å². The number of nitrogens with one attached hydrogen (secondary N) is 1. The molecule has 0 aliphatic carbocycles. The molecule has 0 radical (unpaired) electrons. The van der Waals surface area contributed by atoms with Crippen molar-refractivity contribution < 1.29 is 4.52 Å². The van der Waals surface area contributed by atoms with Crippen LogP contribution >= 0.6 is 15.9 Å². The molecular formula is C15H19BrN4O. The third kappa shape index (κ3) is 3.33. The molecule has 0 amide bonds. The van der Waals surface area contributed by atoms with E-state index in [1.165, 1.54) is 0 Å². The summed E-state index contributed by atoms with van der Waals surface area (Å²) in [6, 6.07) is 8.86. The Morgan fingerprint density at radius 3 is 2.81 bits per heavy atom. The Morgan fingerprint density at radius 1 is 1.33 bits per heavy atom. The van der Waals surface area contributed by atoms with E-state index in [0.717, 1.165) is 23.1 Å². The van der Waals surface area contributed by atoms with Crippen LogP contribution in [0.25, 0.3) is 11.4 Å². The SMILES string of the molecule is CC1CNCC(C)N1Cc1nc(-c2cccc(Br)c2)no1. The number of benzene rings is 1. The van der Waals surface area contributed by atoms with Crippen LogP contribution in [-0.4, -0.2) is 40.2 Å². The summed E-state index contributed by atoms with van der Waals surface area (Å²) in [6.07, 6.45) is 0. The summed E-state index contributed by atoms with van der Waals surface area (Å²) >= 11 is 3.46. The lowest BCUT2D eigenvalue weighted by atomic mass is 10.1. The van der Waals surface area contributed by atoms with Gasteiger partial charge in [-0.15, -0.1) is 0 Å². The van der Waals surface area contributed by atoms with E-state index in [-0.39, 0.29) is 0 Å². The Kier molecular flexibility index (Phi) is 4.37. The molecule has 1 aromatic heterocycles. The fraction of sp³-hybridized carbons (Fsp3) is 0.467. The molecule has 0 bridgehead atoms. The zero-order valence-corrected chi connectivity index (χ0v) is 13.8. The maximum Gasteiger partial charge on any atom is 0.241 e. The quantitative estimate of drug-likeness (QED) is 0.922. The molecule has 1 aromatic carbocycles. The van der Waals surface area contributed by atoms with Gasteiger partial charge in [0, 0.05) is 35.2 Å². The van der Waals surface area contributed by atoms with Crippen molar-refractivity contribution >= 4 is 15.9 Å². The topological polar surface area (TPSA) is 54.2 Å². The lowest BCUT2D eigenvalue weighted by Crippen LogP contribution is -2.54. The van der Waals surface area contributed by atoms with Gasteiger partial charge < -0.3 is 9.84 Å². The fourth-order valence-electron chi connectivity index (χ4n) is 2.70. The second-order valence-electron chi connectivity index (χ2n) is 5.55. The summed E-state index contributed by atoms with van der Waals surface area (Å²) in [7, 11) is 0. The van der Waals surface area contributed by atoms with Crippen molar-refractivity contribution in [3.63, 3.8) is 0 Å². The number of hydrogen-bond acceptors (Lipinski definition) is 5. The molecule has 0 spiro atoms. The van der Waals surface area contributed by atoms with Gasteiger partial charge in [-0.05, 0) is 26.0 Å². The lowest BCUT2D eigenvalue weighted by molar-refractivity contribution is 0.0947. The largest absolute Gasteiger partial charge is 0.338 e. The highest BCUT2D eigenvalue weighted by molar-refractivity contribution is 9.10. The molecule has 112 valence electrons. The van der Waals surface area contributed by atoms with E-state index in [2.05, 4.69) is 50.1 Å². The molecule has 1 saturated heterocycles. The third-order valence-electron chi connectivity index (χ3n) is 3.88. The van der Waals surface area contributed by atoms with Gasteiger partial charge in [-0.1, -0.05) is 33.2 Å². The van der Waals surface area contributed by atoms with E-state index in [9.17, 15) is 0 Å². The summed E-state index contributed by atoms with van der Waals surface area (Å²) < 4.78 is 6.43. The van der Waals surface area contributed by atoms with E-state index < -0.39 is 0 Å². The summed E-state index contributed by atoms with van der Waals surface area (Å²) in [5, 5.41) is 7.52. The minimum Gasteiger partial charge on any atom is -0.338 e. The standard InChI is InChI=1S/C15H19BrN4O/c1-10-7-17-8-11(2)20(10)9-14-18-15(19-21-14)12-4-3-5-13(16)6-12/h3-6,10-11,17H,7-9H2,1-2H3. The van der Waals surface area contributed by atoms with Crippen LogP contribution < -0.4 is 5.32 Å². The van der Waals surface area contributed by atoms with Crippen LogP contribution in [0.3, 0.4) is 0 Å². The molecule has 2 heterocycles. The Morgan fingerprint density at radius 2 is 2.10 bits per heavy atom. The molecule has 1 aliphatic rings. The van der Waals surface area contributed by atoms with Gasteiger partial charge in [0.05, 0.1) is 6.54 Å². The Labute approximate surface area is 132 Å². The van der Waals surface area contributed by atoms with Crippen molar-refractivity contribution in [3.8, 4) is 11.4 Å². The van der Waals surface area contributed by atoms with Crippen LogP contribution in [0, 0.1) is 0 Å². The first-order valence-corrected chi connectivity index (χ1v) is 7.98. The highest BCUT2D eigenvalue weighted by atomic mass is 79.9. The number of piperazine rings is 1. The smallest absolute Gasteiger partial charge is 0.241 e. The van der Waals surface area contributed by atoms with Gasteiger partial charge in [-0.2, -0.15) is 4.98 Å². The van der Waals surface area contributed by atoms with Crippen LogP contribution in [-0.2, 0) is 6.54 Å². The van der Waals surface area contributed by atoms with Gasteiger partial charge in [-0.25, -0.2) is 0 Å². The third-order valence-corrected chi connectivity index (χ3v) is 4.37. The van der Waals surface area contributed by atoms with Gasteiger partial charge in [0.15, 0.2) is 0 Å². The first kappa shape index (κ1) is 14.7. The maximum atomic E-state index is 5.42. The van der Waals surface area contributed by atoms with E-state index in [0.29, 0.717) is 30.3 Å². The van der Waals surface area contributed by atoms with Crippen molar-refractivity contribution in [1.29, 1.82) is 0 Å². The molecule has 3 rings (SSSR count). The molecule has 2 atom stereocenters. The first-order valence-electron chi connectivity index (χ1n) is 7.18. The summed E-state index contributed by atoms with van der Waals surface area (Å²) in [5.74, 6) is 1.31. The summed E-state index contributed by atoms with van der Waals surface area (Å²) in [5.41, 5.74) is 0.959. The Hall–Kier alpha value is -1.24. The van der Waals surface area contributed by atoms with E-state index in [4.69, 9.17) is 4.52 Å². The van der Waals surface area contributed by atoms with Gasteiger partial charge in [0.1, 0.15) is 0 Å². The second-order valence-corrected chi connectivity index (χ2v) is 6.47.